The first-order valence-corrected chi connectivity index (χ1v) is 6.69. The number of halogens is 2. The standard InChI is InChI=1S/C14H10BrFN2O3/c1-8-6-9(2-4-11(8)15)14(19)17-10-3-5-13(18(20)21)12(16)7-10/h2-7H,1H3,(H,17,19). The Morgan fingerprint density at radius 3 is 2.57 bits per heavy atom. The van der Waals surface area contributed by atoms with Crippen molar-refractivity contribution in [2.45, 2.75) is 6.92 Å². The zero-order valence-electron chi connectivity index (χ0n) is 10.9. The van der Waals surface area contributed by atoms with Gasteiger partial charge in [0.1, 0.15) is 0 Å². The Kier molecular flexibility index (Phi) is 4.32. The smallest absolute Gasteiger partial charge is 0.304 e. The van der Waals surface area contributed by atoms with Crippen molar-refractivity contribution in [1.82, 2.24) is 0 Å². The molecule has 0 saturated heterocycles. The lowest BCUT2D eigenvalue weighted by atomic mass is 10.1. The molecule has 0 spiro atoms. The number of nitrogens with one attached hydrogen (secondary N) is 1. The molecular weight excluding hydrogens is 343 g/mol. The van der Waals surface area contributed by atoms with Gasteiger partial charge in [0.15, 0.2) is 0 Å². The Morgan fingerprint density at radius 2 is 2.00 bits per heavy atom. The van der Waals surface area contributed by atoms with Gasteiger partial charge in [-0.05, 0) is 36.8 Å². The Labute approximate surface area is 128 Å². The van der Waals surface area contributed by atoms with Gasteiger partial charge < -0.3 is 5.32 Å². The maximum Gasteiger partial charge on any atom is 0.304 e. The molecular formula is C14H10BrFN2O3. The van der Waals surface area contributed by atoms with E-state index in [2.05, 4.69) is 21.2 Å². The van der Waals surface area contributed by atoms with Crippen LogP contribution in [0, 0.1) is 22.9 Å². The van der Waals surface area contributed by atoms with E-state index in [1.54, 1.807) is 18.2 Å². The van der Waals surface area contributed by atoms with Crippen LogP contribution in [-0.2, 0) is 0 Å². The average molecular weight is 353 g/mol. The van der Waals surface area contributed by atoms with E-state index in [1.165, 1.54) is 6.07 Å². The first kappa shape index (κ1) is 15.1. The average Bonchev–Trinajstić information content (AvgIpc) is 2.41. The molecule has 108 valence electrons. The second-order valence-electron chi connectivity index (χ2n) is 4.34. The van der Waals surface area contributed by atoms with Crippen molar-refractivity contribution >= 4 is 33.2 Å². The molecule has 0 atom stereocenters. The normalized spacial score (nSPS) is 10.2. The van der Waals surface area contributed by atoms with Gasteiger partial charge >= 0.3 is 5.69 Å². The second kappa shape index (κ2) is 6.01. The predicted octanol–water partition coefficient (Wildman–Crippen LogP) is 4.06. The summed E-state index contributed by atoms with van der Waals surface area (Å²) in [6, 6.07) is 8.25. The summed E-state index contributed by atoms with van der Waals surface area (Å²) < 4.78 is 14.3. The van der Waals surface area contributed by atoms with Crippen LogP contribution >= 0.6 is 15.9 Å². The number of benzene rings is 2. The number of aryl methyl sites for hydroxylation is 1. The molecule has 0 saturated carbocycles. The minimum absolute atomic E-state index is 0.156. The van der Waals surface area contributed by atoms with Gasteiger partial charge in [-0.15, -0.1) is 0 Å². The minimum Gasteiger partial charge on any atom is -0.322 e. The predicted molar refractivity (Wildman–Crippen MR) is 79.9 cm³/mol. The van der Waals surface area contributed by atoms with Gasteiger partial charge in [0.05, 0.1) is 4.92 Å². The van der Waals surface area contributed by atoms with Crippen LogP contribution in [0.5, 0.6) is 0 Å². The van der Waals surface area contributed by atoms with E-state index in [9.17, 15) is 19.3 Å². The Morgan fingerprint density at radius 1 is 1.29 bits per heavy atom. The third-order valence-corrected chi connectivity index (χ3v) is 3.71. The molecule has 5 nitrogen and oxygen atoms in total. The van der Waals surface area contributed by atoms with E-state index in [-0.39, 0.29) is 5.69 Å². The molecule has 2 aromatic carbocycles. The quantitative estimate of drug-likeness (QED) is 0.668. The summed E-state index contributed by atoms with van der Waals surface area (Å²) in [6.45, 7) is 1.84. The third kappa shape index (κ3) is 3.43. The van der Waals surface area contributed by atoms with Crippen LogP contribution in [0.4, 0.5) is 15.8 Å². The molecule has 0 heterocycles. The minimum atomic E-state index is -0.996. The highest BCUT2D eigenvalue weighted by Crippen LogP contribution is 2.22. The first-order chi connectivity index (χ1) is 9.88. The largest absolute Gasteiger partial charge is 0.322 e. The molecule has 2 aromatic rings. The van der Waals surface area contributed by atoms with Crippen LogP contribution < -0.4 is 5.32 Å². The summed E-state index contributed by atoms with van der Waals surface area (Å²) >= 11 is 3.33. The molecule has 0 aliphatic carbocycles. The summed E-state index contributed by atoms with van der Waals surface area (Å²) in [5.74, 6) is -1.41. The van der Waals surface area contributed by atoms with Crippen LogP contribution in [-0.4, -0.2) is 10.8 Å². The summed E-state index contributed by atoms with van der Waals surface area (Å²) in [5, 5.41) is 13.0. The van der Waals surface area contributed by atoms with Gasteiger partial charge in [0, 0.05) is 27.9 Å². The van der Waals surface area contributed by atoms with Crippen LogP contribution in [0.2, 0.25) is 0 Å². The van der Waals surface area contributed by atoms with Gasteiger partial charge in [-0.1, -0.05) is 15.9 Å². The molecule has 21 heavy (non-hydrogen) atoms. The van der Waals surface area contributed by atoms with Crippen molar-refractivity contribution < 1.29 is 14.1 Å². The molecule has 0 bridgehead atoms. The van der Waals surface area contributed by atoms with E-state index in [0.717, 1.165) is 22.2 Å². The Hall–Kier alpha value is -2.28. The van der Waals surface area contributed by atoms with Gasteiger partial charge in [-0.3, -0.25) is 14.9 Å². The Bertz CT molecular complexity index is 734. The van der Waals surface area contributed by atoms with Gasteiger partial charge in [-0.2, -0.15) is 4.39 Å². The summed E-state index contributed by atoms with van der Waals surface area (Å²) in [7, 11) is 0. The first-order valence-electron chi connectivity index (χ1n) is 5.90. The number of rotatable bonds is 3. The Balaban J connectivity index is 2.21. The van der Waals surface area contributed by atoms with E-state index in [4.69, 9.17) is 0 Å². The molecule has 7 heteroatoms. The van der Waals surface area contributed by atoms with Gasteiger partial charge in [-0.25, -0.2) is 0 Å². The van der Waals surface area contributed by atoms with Gasteiger partial charge in [0.25, 0.3) is 5.91 Å². The van der Waals surface area contributed by atoms with Crippen molar-refractivity contribution in [3.8, 4) is 0 Å². The van der Waals surface area contributed by atoms with E-state index < -0.39 is 22.3 Å². The molecule has 0 aromatic heterocycles. The molecule has 0 aliphatic rings. The monoisotopic (exact) mass is 352 g/mol. The van der Waals surface area contributed by atoms with Crippen LogP contribution in [0.3, 0.4) is 0 Å². The summed E-state index contributed by atoms with van der Waals surface area (Å²) in [6.07, 6.45) is 0. The number of nitrogens with zero attached hydrogens (tertiary/aromatic N) is 1. The fourth-order valence-corrected chi connectivity index (χ4v) is 1.97. The zero-order valence-corrected chi connectivity index (χ0v) is 12.5. The summed E-state index contributed by atoms with van der Waals surface area (Å²) in [4.78, 5) is 21.7. The van der Waals surface area contributed by atoms with Crippen molar-refractivity contribution in [2.75, 3.05) is 5.32 Å². The number of nitro benzene ring substituents is 1. The number of carbonyl (C=O) groups excluding carboxylic acids is 1. The van der Waals surface area contributed by atoms with E-state index in [1.807, 2.05) is 6.92 Å². The van der Waals surface area contributed by atoms with Crippen LogP contribution in [0.25, 0.3) is 0 Å². The summed E-state index contributed by atoms with van der Waals surface area (Å²) in [5.41, 5.74) is 0.822. The SMILES string of the molecule is Cc1cc(C(=O)Nc2ccc([N+](=O)[O-])c(F)c2)ccc1Br. The maximum atomic E-state index is 13.5. The maximum absolute atomic E-state index is 13.5. The van der Waals surface area contributed by atoms with Crippen LogP contribution in [0.15, 0.2) is 40.9 Å². The highest BCUT2D eigenvalue weighted by molar-refractivity contribution is 9.10. The zero-order chi connectivity index (χ0) is 15.6. The molecule has 0 aliphatic heterocycles. The highest BCUT2D eigenvalue weighted by atomic mass is 79.9. The highest BCUT2D eigenvalue weighted by Gasteiger charge is 2.15. The molecule has 0 radical (unpaired) electrons. The number of carbonyl (C=O) groups is 1. The number of anilines is 1. The van der Waals surface area contributed by atoms with Crippen molar-refractivity contribution in [3.05, 3.63) is 67.9 Å². The van der Waals surface area contributed by atoms with E-state index >= 15 is 0 Å². The van der Waals surface area contributed by atoms with Crippen molar-refractivity contribution in [1.29, 1.82) is 0 Å². The number of hydrogen-bond donors (Lipinski definition) is 1. The van der Waals surface area contributed by atoms with Crippen LogP contribution in [0.1, 0.15) is 15.9 Å². The lowest BCUT2D eigenvalue weighted by Crippen LogP contribution is -2.12. The third-order valence-electron chi connectivity index (χ3n) is 2.82. The number of amides is 1. The molecule has 0 fully saturated rings. The number of hydrogen-bond acceptors (Lipinski definition) is 3. The lowest BCUT2D eigenvalue weighted by molar-refractivity contribution is -0.387. The fraction of sp³-hybridized carbons (Fsp3) is 0.0714. The number of nitro groups is 1. The van der Waals surface area contributed by atoms with E-state index in [0.29, 0.717) is 5.56 Å². The fourth-order valence-electron chi connectivity index (χ4n) is 1.72. The van der Waals surface area contributed by atoms with Gasteiger partial charge in [0.2, 0.25) is 5.82 Å². The topological polar surface area (TPSA) is 72.2 Å². The molecule has 0 unspecified atom stereocenters. The van der Waals surface area contributed by atoms with Crippen molar-refractivity contribution in [3.63, 3.8) is 0 Å². The molecule has 2 rings (SSSR count). The van der Waals surface area contributed by atoms with Crippen molar-refractivity contribution in [2.24, 2.45) is 0 Å². The molecule has 1 N–H and O–H groups in total. The molecule has 1 amide bonds. The lowest BCUT2D eigenvalue weighted by Gasteiger charge is -2.07. The second-order valence-corrected chi connectivity index (χ2v) is 5.20.